The molecule has 2 aromatic carbocycles. The molecule has 3 rings (SSSR count). The lowest BCUT2D eigenvalue weighted by Gasteiger charge is -2.09. The van der Waals surface area contributed by atoms with Crippen molar-refractivity contribution < 1.29 is 12.8 Å². The Hall–Kier alpha value is -2.40. The Morgan fingerprint density at radius 1 is 1.00 bits per heavy atom. The Morgan fingerprint density at radius 3 is 2.38 bits per heavy atom. The molecule has 0 aliphatic heterocycles. The smallest absolute Gasteiger partial charge is 0.285 e. The molecule has 26 heavy (non-hydrogen) atoms. The van der Waals surface area contributed by atoms with Gasteiger partial charge in [0.1, 0.15) is 5.58 Å². The molecular formula is C21H23NO3S. The fraction of sp³-hybridized carbons (Fsp3) is 0.286. The lowest BCUT2D eigenvalue weighted by Crippen LogP contribution is -2.15. The van der Waals surface area contributed by atoms with Gasteiger partial charge in [0.2, 0.25) is 5.55 Å². The van der Waals surface area contributed by atoms with E-state index >= 15 is 0 Å². The maximum Gasteiger partial charge on any atom is 0.285 e. The van der Waals surface area contributed by atoms with Crippen LogP contribution < -0.4 is 5.55 Å². The van der Waals surface area contributed by atoms with Gasteiger partial charge in [-0.25, -0.2) is 0 Å². The molecular weight excluding hydrogens is 346 g/mol. The minimum atomic E-state index is -3.83. The summed E-state index contributed by atoms with van der Waals surface area (Å²) in [6.07, 6.45) is 2.69. The maximum absolute atomic E-state index is 12.8. The monoisotopic (exact) mass is 369 g/mol. The van der Waals surface area contributed by atoms with Crippen LogP contribution in [-0.4, -0.2) is 8.42 Å². The van der Waals surface area contributed by atoms with E-state index in [9.17, 15) is 8.42 Å². The number of hydrogen-bond donors (Lipinski definition) is 0. The molecule has 4 nitrogen and oxygen atoms in total. The molecule has 0 saturated heterocycles. The van der Waals surface area contributed by atoms with Crippen molar-refractivity contribution in [2.45, 2.75) is 44.9 Å². The van der Waals surface area contributed by atoms with Crippen molar-refractivity contribution in [2.75, 3.05) is 0 Å². The van der Waals surface area contributed by atoms with Crippen LogP contribution in [0.15, 0.2) is 62.2 Å². The van der Waals surface area contributed by atoms with Gasteiger partial charge in [-0.05, 0) is 50.5 Å². The fourth-order valence-electron chi connectivity index (χ4n) is 2.95. The molecule has 0 atom stereocenters. The quantitative estimate of drug-likeness (QED) is 0.656. The van der Waals surface area contributed by atoms with Gasteiger partial charge in [-0.3, -0.25) is 0 Å². The van der Waals surface area contributed by atoms with E-state index in [4.69, 9.17) is 4.42 Å². The number of nitrogens with zero attached hydrogens (tertiary/aromatic N) is 1. The average molecular weight is 369 g/mol. The van der Waals surface area contributed by atoms with Crippen LogP contribution in [-0.2, 0) is 16.4 Å². The summed E-state index contributed by atoms with van der Waals surface area (Å²) in [5, 5.41) is 0.991. The van der Waals surface area contributed by atoms with E-state index in [1.54, 1.807) is 24.3 Å². The summed E-state index contributed by atoms with van der Waals surface area (Å²) in [6.45, 7) is 6.02. The molecule has 3 aromatic rings. The zero-order valence-corrected chi connectivity index (χ0v) is 16.1. The van der Waals surface area contributed by atoms with Gasteiger partial charge in [0.05, 0.1) is 4.90 Å². The lowest BCUT2D eigenvalue weighted by atomic mass is 10.0. The number of sulfonamides is 1. The second-order valence-electron chi connectivity index (χ2n) is 6.49. The molecule has 0 amide bonds. The molecule has 0 spiro atoms. The second kappa shape index (κ2) is 7.46. The van der Waals surface area contributed by atoms with Crippen molar-refractivity contribution in [1.82, 2.24) is 0 Å². The van der Waals surface area contributed by atoms with Crippen molar-refractivity contribution in [3.8, 4) is 0 Å². The molecule has 5 heteroatoms. The first-order valence-electron chi connectivity index (χ1n) is 8.81. The Balaban J connectivity index is 2.24. The fourth-order valence-corrected chi connectivity index (χ4v) is 3.90. The van der Waals surface area contributed by atoms with Gasteiger partial charge in [0.25, 0.3) is 10.0 Å². The number of hydrogen-bond acceptors (Lipinski definition) is 3. The minimum absolute atomic E-state index is 0.172. The van der Waals surface area contributed by atoms with Crippen molar-refractivity contribution >= 4 is 21.0 Å². The summed E-state index contributed by atoms with van der Waals surface area (Å²) >= 11 is 0. The number of para-hydroxylation sites is 1. The third-order valence-electron chi connectivity index (χ3n) is 4.51. The van der Waals surface area contributed by atoms with Gasteiger partial charge >= 0.3 is 0 Å². The molecule has 1 aromatic heterocycles. The Bertz CT molecular complexity index is 1090. The molecule has 0 saturated carbocycles. The van der Waals surface area contributed by atoms with Gasteiger partial charge in [-0.2, -0.15) is 8.42 Å². The summed E-state index contributed by atoms with van der Waals surface area (Å²) in [6, 6.07) is 14.3. The highest BCUT2D eigenvalue weighted by Gasteiger charge is 2.16. The van der Waals surface area contributed by atoms with Crippen molar-refractivity contribution in [3.05, 3.63) is 70.8 Å². The van der Waals surface area contributed by atoms with Crippen LogP contribution in [0.1, 0.15) is 36.5 Å². The standard InChI is InChI=1S/C21H23NO3S/c1-4-5-8-19-16(3)18-9-6-7-10-20(18)25-21(19)22-26(23,24)17-13-11-15(2)12-14-17/h6-7,9-14H,4-5,8H2,1-3H3/b22-21+. The van der Waals surface area contributed by atoms with Crippen LogP contribution in [0.25, 0.3) is 11.0 Å². The average Bonchev–Trinajstić information content (AvgIpc) is 2.61. The summed E-state index contributed by atoms with van der Waals surface area (Å²) in [7, 11) is -3.83. The maximum atomic E-state index is 12.8. The summed E-state index contributed by atoms with van der Waals surface area (Å²) in [5.41, 5.74) is 3.72. The van der Waals surface area contributed by atoms with Gasteiger partial charge in [0.15, 0.2) is 0 Å². The van der Waals surface area contributed by atoms with E-state index in [0.29, 0.717) is 5.58 Å². The first-order valence-corrected chi connectivity index (χ1v) is 10.3. The minimum Gasteiger partial charge on any atom is -0.437 e. The van der Waals surface area contributed by atoms with Crippen LogP contribution in [0.4, 0.5) is 0 Å². The Morgan fingerprint density at radius 2 is 1.69 bits per heavy atom. The van der Waals surface area contributed by atoms with Gasteiger partial charge in [-0.15, -0.1) is 4.40 Å². The van der Waals surface area contributed by atoms with Crippen molar-refractivity contribution in [2.24, 2.45) is 4.40 Å². The first kappa shape index (κ1) is 18.4. The van der Waals surface area contributed by atoms with Crippen LogP contribution in [0.3, 0.4) is 0 Å². The zero-order valence-electron chi connectivity index (χ0n) is 15.3. The van der Waals surface area contributed by atoms with Crippen molar-refractivity contribution in [1.29, 1.82) is 0 Å². The Labute approximate surface area is 154 Å². The number of fused-ring (bicyclic) bond motifs is 1. The number of rotatable bonds is 5. The van der Waals surface area contributed by atoms with E-state index in [1.807, 2.05) is 38.1 Å². The lowest BCUT2D eigenvalue weighted by molar-refractivity contribution is 0.527. The number of unbranched alkanes of at least 4 members (excludes halogenated alkanes) is 1. The van der Waals surface area contributed by atoms with Crippen LogP contribution >= 0.6 is 0 Å². The van der Waals surface area contributed by atoms with Gasteiger partial charge < -0.3 is 4.42 Å². The molecule has 0 fully saturated rings. The molecule has 0 aliphatic carbocycles. The predicted molar refractivity (Wildman–Crippen MR) is 103 cm³/mol. The van der Waals surface area contributed by atoms with E-state index in [1.165, 1.54) is 0 Å². The van der Waals surface area contributed by atoms with Crippen LogP contribution in [0, 0.1) is 13.8 Å². The second-order valence-corrected chi connectivity index (χ2v) is 8.09. The van der Waals surface area contributed by atoms with Gasteiger partial charge in [-0.1, -0.05) is 49.2 Å². The van der Waals surface area contributed by atoms with E-state index in [-0.39, 0.29) is 10.4 Å². The zero-order chi connectivity index (χ0) is 18.7. The van der Waals surface area contributed by atoms with Crippen LogP contribution in [0.2, 0.25) is 0 Å². The van der Waals surface area contributed by atoms with Crippen LogP contribution in [0.5, 0.6) is 0 Å². The molecule has 1 heterocycles. The molecule has 0 N–H and O–H groups in total. The normalized spacial score (nSPS) is 12.7. The van der Waals surface area contributed by atoms with E-state index in [2.05, 4.69) is 11.3 Å². The Kier molecular flexibility index (Phi) is 5.28. The molecule has 0 unspecified atom stereocenters. The molecule has 0 radical (unpaired) electrons. The topological polar surface area (TPSA) is 59.6 Å². The van der Waals surface area contributed by atoms with Gasteiger partial charge in [0, 0.05) is 10.9 Å². The van der Waals surface area contributed by atoms with E-state index in [0.717, 1.165) is 41.3 Å². The molecule has 0 aliphatic rings. The highest BCUT2D eigenvalue weighted by atomic mass is 32.2. The number of benzene rings is 2. The first-order chi connectivity index (χ1) is 12.4. The summed E-state index contributed by atoms with van der Waals surface area (Å²) in [4.78, 5) is 0.172. The highest BCUT2D eigenvalue weighted by molar-refractivity contribution is 7.90. The van der Waals surface area contributed by atoms with E-state index < -0.39 is 10.0 Å². The SMILES string of the molecule is CCCCc1c(C)c2ccccc2o/c1=N/S(=O)(=O)c1ccc(C)cc1. The summed E-state index contributed by atoms with van der Waals surface area (Å²) < 4.78 is 35.5. The third kappa shape index (κ3) is 3.73. The molecule has 136 valence electrons. The highest BCUT2D eigenvalue weighted by Crippen LogP contribution is 2.21. The predicted octanol–water partition coefficient (Wildman–Crippen LogP) is 4.68. The number of aryl methyl sites for hydroxylation is 2. The summed E-state index contributed by atoms with van der Waals surface area (Å²) in [5.74, 6) is 0. The molecule has 0 bridgehead atoms. The van der Waals surface area contributed by atoms with Crippen molar-refractivity contribution in [3.63, 3.8) is 0 Å². The third-order valence-corrected chi connectivity index (χ3v) is 5.78. The largest absolute Gasteiger partial charge is 0.437 e.